The van der Waals surface area contributed by atoms with Gasteiger partial charge in [0.15, 0.2) is 0 Å². The van der Waals surface area contributed by atoms with E-state index >= 15 is 0 Å². The maximum Gasteiger partial charge on any atom is 0.348 e. The quantitative estimate of drug-likeness (QED) is 0.827. The summed E-state index contributed by atoms with van der Waals surface area (Å²) in [5, 5.41) is 3.28. The van der Waals surface area contributed by atoms with Crippen LogP contribution >= 0.6 is 11.8 Å². The first-order valence-corrected chi connectivity index (χ1v) is 6.45. The summed E-state index contributed by atoms with van der Waals surface area (Å²) in [5.74, 6) is -0.208. The van der Waals surface area contributed by atoms with Crippen LogP contribution in [0.2, 0.25) is 0 Å². The molecule has 0 fully saturated rings. The second kappa shape index (κ2) is 4.99. The number of urea groups is 1. The fourth-order valence-corrected chi connectivity index (χ4v) is 2.97. The number of nitrogens with zero attached hydrogens (tertiary/aromatic N) is 1. The largest absolute Gasteiger partial charge is 0.348 e. The number of aliphatic imine (C=N–C) groups is 1. The molecular formula is C11H18N2O2S. The van der Waals surface area contributed by atoms with Crippen molar-refractivity contribution in [3.8, 4) is 0 Å². The van der Waals surface area contributed by atoms with Gasteiger partial charge in [-0.25, -0.2) is 4.79 Å². The molecule has 1 heterocycles. The summed E-state index contributed by atoms with van der Waals surface area (Å²) in [6.45, 7) is 7.96. The van der Waals surface area contributed by atoms with Crippen LogP contribution in [0.4, 0.5) is 4.79 Å². The Morgan fingerprint density at radius 3 is 2.31 bits per heavy atom. The van der Waals surface area contributed by atoms with Gasteiger partial charge in [-0.2, -0.15) is 4.99 Å². The number of hydrogen-bond donors (Lipinski definition) is 1. The summed E-state index contributed by atoms with van der Waals surface area (Å²) in [6.07, 6.45) is 1.34. The summed E-state index contributed by atoms with van der Waals surface area (Å²) >= 11 is 1.51. The van der Waals surface area contributed by atoms with Gasteiger partial charge in [-0.05, 0) is 12.8 Å². The maximum absolute atomic E-state index is 12.0. The molecule has 0 saturated heterocycles. The SMILES string of the molecule is CCC1(CC)C(=O)NC(=O)N=C1SC(C)C. The van der Waals surface area contributed by atoms with Crippen molar-refractivity contribution in [2.45, 2.75) is 45.8 Å². The van der Waals surface area contributed by atoms with Crippen LogP contribution in [-0.4, -0.2) is 22.2 Å². The second-order valence-electron chi connectivity index (χ2n) is 4.13. The summed E-state index contributed by atoms with van der Waals surface area (Å²) in [7, 11) is 0. The Bertz CT molecular complexity index is 333. The first kappa shape index (κ1) is 13.2. The first-order valence-electron chi connectivity index (χ1n) is 5.57. The van der Waals surface area contributed by atoms with E-state index < -0.39 is 11.4 Å². The highest BCUT2D eigenvalue weighted by atomic mass is 32.2. The van der Waals surface area contributed by atoms with Crippen molar-refractivity contribution >= 4 is 28.7 Å². The first-order chi connectivity index (χ1) is 7.46. The third kappa shape index (κ3) is 2.29. The highest BCUT2D eigenvalue weighted by Crippen LogP contribution is 2.37. The van der Waals surface area contributed by atoms with Crippen molar-refractivity contribution in [3.63, 3.8) is 0 Å². The molecule has 1 N–H and O–H groups in total. The van der Waals surface area contributed by atoms with Gasteiger partial charge in [-0.3, -0.25) is 10.1 Å². The summed E-state index contributed by atoms with van der Waals surface area (Å²) in [4.78, 5) is 27.2. The molecule has 3 amide bonds. The second-order valence-corrected chi connectivity index (χ2v) is 5.70. The molecule has 16 heavy (non-hydrogen) atoms. The van der Waals surface area contributed by atoms with Gasteiger partial charge in [0.05, 0.1) is 10.5 Å². The summed E-state index contributed by atoms with van der Waals surface area (Å²) in [6, 6.07) is -0.536. The van der Waals surface area contributed by atoms with Crippen LogP contribution in [0.1, 0.15) is 40.5 Å². The Morgan fingerprint density at radius 1 is 1.31 bits per heavy atom. The molecule has 1 rings (SSSR count). The zero-order valence-electron chi connectivity index (χ0n) is 10.2. The van der Waals surface area contributed by atoms with Crippen LogP contribution in [-0.2, 0) is 4.79 Å². The molecule has 0 aromatic heterocycles. The van der Waals surface area contributed by atoms with Crippen LogP contribution in [0, 0.1) is 5.41 Å². The predicted molar refractivity (Wildman–Crippen MR) is 66.7 cm³/mol. The minimum atomic E-state index is -0.608. The molecule has 0 aromatic rings. The van der Waals surface area contributed by atoms with Crippen LogP contribution in [0.25, 0.3) is 0 Å². The lowest BCUT2D eigenvalue weighted by Gasteiger charge is -2.33. The van der Waals surface area contributed by atoms with Crippen LogP contribution in [0.3, 0.4) is 0 Å². The molecule has 0 spiro atoms. The molecule has 0 radical (unpaired) electrons. The molecule has 5 heteroatoms. The van der Waals surface area contributed by atoms with Gasteiger partial charge in [0.25, 0.3) is 0 Å². The molecule has 0 atom stereocenters. The van der Waals surface area contributed by atoms with Crippen molar-refractivity contribution in [2.24, 2.45) is 10.4 Å². The number of amides is 3. The van der Waals surface area contributed by atoms with Crippen LogP contribution in [0.15, 0.2) is 4.99 Å². The highest BCUT2D eigenvalue weighted by molar-refractivity contribution is 8.14. The lowest BCUT2D eigenvalue weighted by Crippen LogP contribution is -2.51. The number of carbonyl (C=O) groups is 2. The third-order valence-electron chi connectivity index (χ3n) is 2.82. The number of rotatable bonds is 3. The van der Waals surface area contributed by atoms with Gasteiger partial charge >= 0.3 is 6.03 Å². The van der Waals surface area contributed by atoms with Gasteiger partial charge in [0, 0.05) is 5.25 Å². The van der Waals surface area contributed by atoms with E-state index in [-0.39, 0.29) is 5.91 Å². The number of thioether (sulfide) groups is 1. The van der Waals surface area contributed by atoms with Gasteiger partial charge < -0.3 is 0 Å². The normalized spacial score (nSPS) is 19.7. The zero-order chi connectivity index (χ0) is 12.3. The predicted octanol–water partition coefficient (Wildman–Crippen LogP) is 2.58. The minimum Gasteiger partial charge on any atom is -0.275 e. The lowest BCUT2D eigenvalue weighted by atomic mass is 9.81. The molecule has 0 aliphatic carbocycles. The van der Waals surface area contributed by atoms with E-state index in [1.54, 1.807) is 0 Å². The number of imide groups is 1. The summed E-state index contributed by atoms with van der Waals surface area (Å²) < 4.78 is 0. The lowest BCUT2D eigenvalue weighted by molar-refractivity contribution is -0.126. The van der Waals surface area contributed by atoms with Crippen LogP contribution in [0.5, 0.6) is 0 Å². The molecule has 4 nitrogen and oxygen atoms in total. The molecular weight excluding hydrogens is 224 g/mol. The molecule has 90 valence electrons. The standard InChI is InChI=1S/C11H18N2O2S/c1-5-11(6-2)8(14)12-10(15)13-9(11)16-7(3)4/h7H,5-6H2,1-4H3,(H,12,14,15). The maximum atomic E-state index is 12.0. The highest BCUT2D eigenvalue weighted by Gasteiger charge is 2.44. The van der Waals surface area contributed by atoms with Gasteiger partial charge in [0.1, 0.15) is 0 Å². The molecule has 0 unspecified atom stereocenters. The van der Waals surface area contributed by atoms with E-state index in [4.69, 9.17) is 0 Å². The van der Waals surface area contributed by atoms with Gasteiger partial charge in [-0.1, -0.05) is 27.7 Å². The zero-order valence-corrected chi connectivity index (χ0v) is 11.0. The molecule has 0 bridgehead atoms. The summed E-state index contributed by atoms with van der Waals surface area (Å²) in [5.41, 5.74) is -0.608. The van der Waals surface area contributed by atoms with Crippen molar-refractivity contribution in [1.82, 2.24) is 5.32 Å². The fraction of sp³-hybridized carbons (Fsp3) is 0.727. The van der Waals surface area contributed by atoms with E-state index in [0.717, 1.165) is 0 Å². The Hall–Kier alpha value is -0.840. The van der Waals surface area contributed by atoms with Gasteiger partial charge in [-0.15, -0.1) is 11.8 Å². The fourth-order valence-electron chi connectivity index (χ4n) is 1.78. The van der Waals surface area contributed by atoms with Crippen molar-refractivity contribution in [3.05, 3.63) is 0 Å². The molecule has 0 aromatic carbocycles. The Balaban J connectivity index is 3.14. The van der Waals surface area contributed by atoms with Crippen molar-refractivity contribution in [1.29, 1.82) is 0 Å². The number of carbonyl (C=O) groups excluding carboxylic acids is 2. The smallest absolute Gasteiger partial charge is 0.275 e. The Labute approximate surface area is 100 Å². The monoisotopic (exact) mass is 242 g/mol. The topological polar surface area (TPSA) is 58.5 Å². The minimum absolute atomic E-state index is 0.208. The molecule has 0 saturated carbocycles. The third-order valence-corrected chi connectivity index (χ3v) is 4.00. The number of nitrogens with one attached hydrogen (secondary N) is 1. The Morgan fingerprint density at radius 2 is 1.88 bits per heavy atom. The Kier molecular flexibility index (Phi) is 4.13. The van der Waals surface area contributed by atoms with Gasteiger partial charge in [0.2, 0.25) is 5.91 Å². The van der Waals surface area contributed by atoms with E-state index in [1.165, 1.54) is 11.8 Å². The number of hydrogen-bond acceptors (Lipinski definition) is 3. The van der Waals surface area contributed by atoms with E-state index in [1.807, 2.05) is 27.7 Å². The molecule has 1 aliphatic rings. The van der Waals surface area contributed by atoms with Crippen LogP contribution < -0.4 is 5.32 Å². The van der Waals surface area contributed by atoms with Crippen molar-refractivity contribution < 1.29 is 9.59 Å². The van der Waals surface area contributed by atoms with Crippen molar-refractivity contribution in [2.75, 3.05) is 0 Å². The average molecular weight is 242 g/mol. The average Bonchev–Trinajstić information content (AvgIpc) is 2.17. The molecule has 1 aliphatic heterocycles. The van der Waals surface area contributed by atoms with E-state index in [2.05, 4.69) is 10.3 Å². The van der Waals surface area contributed by atoms with E-state index in [9.17, 15) is 9.59 Å². The van der Waals surface area contributed by atoms with E-state index in [0.29, 0.717) is 23.1 Å².